The van der Waals surface area contributed by atoms with E-state index in [1.807, 2.05) is 19.0 Å². The highest BCUT2D eigenvalue weighted by atomic mass is 16.5. The van der Waals surface area contributed by atoms with Crippen molar-refractivity contribution in [3.05, 3.63) is 0 Å². The van der Waals surface area contributed by atoms with E-state index in [4.69, 9.17) is 4.74 Å². The first-order chi connectivity index (χ1) is 9.08. The molecule has 1 unspecified atom stereocenters. The van der Waals surface area contributed by atoms with Crippen LogP contribution < -0.4 is 5.32 Å². The van der Waals surface area contributed by atoms with Gasteiger partial charge in [-0.3, -0.25) is 0 Å². The number of nitrogens with one attached hydrogen (secondary N) is 1. The number of likely N-dealkylation sites (tertiary alicyclic amines) is 1. The van der Waals surface area contributed by atoms with Crippen LogP contribution in [-0.2, 0) is 4.74 Å². The second-order valence-electron chi connectivity index (χ2n) is 5.55. The quantitative estimate of drug-likeness (QED) is 0.797. The minimum absolute atomic E-state index is 0.125. The van der Waals surface area contributed by atoms with Gasteiger partial charge in [0.2, 0.25) is 0 Å². The van der Waals surface area contributed by atoms with Crippen molar-refractivity contribution >= 4 is 6.03 Å². The molecule has 1 fully saturated rings. The Kier molecular flexibility index (Phi) is 7.16. The predicted molar refractivity (Wildman–Crippen MR) is 77.4 cm³/mol. The molecule has 1 aliphatic rings. The van der Waals surface area contributed by atoms with Crippen molar-refractivity contribution in [1.82, 2.24) is 15.1 Å². The fourth-order valence-electron chi connectivity index (χ4n) is 2.62. The maximum atomic E-state index is 11.8. The lowest BCUT2D eigenvalue weighted by Crippen LogP contribution is -2.50. The molecule has 1 heterocycles. The molecule has 19 heavy (non-hydrogen) atoms. The number of ether oxygens (including phenoxy) is 1. The Balaban J connectivity index is 2.34. The number of carbonyl (C=O) groups excluding carboxylic acids is 1. The van der Waals surface area contributed by atoms with Crippen LogP contribution in [0.5, 0.6) is 0 Å². The third-order valence-corrected chi connectivity index (χ3v) is 3.62. The van der Waals surface area contributed by atoms with E-state index in [0.29, 0.717) is 12.1 Å². The van der Waals surface area contributed by atoms with Crippen molar-refractivity contribution in [2.75, 3.05) is 40.9 Å². The molecule has 2 amide bonds. The van der Waals surface area contributed by atoms with Crippen LogP contribution in [0.4, 0.5) is 4.79 Å². The number of methoxy groups -OCH3 is 1. The SMILES string of the molecule is CCCC(COC)NC1CCN(C(=O)N(C)C)CC1. The van der Waals surface area contributed by atoms with E-state index < -0.39 is 0 Å². The molecule has 0 aliphatic carbocycles. The summed E-state index contributed by atoms with van der Waals surface area (Å²) in [5.41, 5.74) is 0. The Hall–Kier alpha value is -0.810. The summed E-state index contributed by atoms with van der Waals surface area (Å²) in [5.74, 6) is 0. The molecular weight excluding hydrogens is 242 g/mol. The van der Waals surface area contributed by atoms with Crippen molar-refractivity contribution in [3.63, 3.8) is 0 Å². The zero-order chi connectivity index (χ0) is 14.3. The average molecular weight is 271 g/mol. The van der Waals surface area contributed by atoms with Gasteiger partial charge in [-0.1, -0.05) is 13.3 Å². The number of amides is 2. The highest BCUT2D eigenvalue weighted by Crippen LogP contribution is 2.13. The summed E-state index contributed by atoms with van der Waals surface area (Å²) in [6, 6.07) is 1.08. The van der Waals surface area contributed by atoms with E-state index in [1.165, 1.54) is 6.42 Å². The van der Waals surface area contributed by atoms with Crippen LogP contribution >= 0.6 is 0 Å². The van der Waals surface area contributed by atoms with E-state index in [1.54, 1.807) is 12.0 Å². The number of hydrogen-bond donors (Lipinski definition) is 1. The van der Waals surface area contributed by atoms with Crippen LogP contribution in [0.25, 0.3) is 0 Å². The van der Waals surface area contributed by atoms with Crippen LogP contribution in [0.1, 0.15) is 32.6 Å². The number of nitrogens with zero attached hydrogens (tertiary/aromatic N) is 2. The van der Waals surface area contributed by atoms with Crippen molar-refractivity contribution in [3.8, 4) is 0 Å². The van der Waals surface area contributed by atoms with Gasteiger partial charge in [0.15, 0.2) is 0 Å². The lowest BCUT2D eigenvalue weighted by molar-refractivity contribution is 0.132. The number of piperidine rings is 1. The fraction of sp³-hybridized carbons (Fsp3) is 0.929. The topological polar surface area (TPSA) is 44.8 Å². The number of urea groups is 1. The van der Waals surface area contributed by atoms with Gasteiger partial charge in [-0.15, -0.1) is 0 Å². The smallest absolute Gasteiger partial charge is 0.319 e. The molecule has 0 spiro atoms. The van der Waals surface area contributed by atoms with Crippen LogP contribution in [0.3, 0.4) is 0 Å². The summed E-state index contributed by atoms with van der Waals surface area (Å²) >= 11 is 0. The van der Waals surface area contributed by atoms with Gasteiger partial charge in [-0.25, -0.2) is 4.79 Å². The first kappa shape index (κ1) is 16.2. The number of hydrogen-bond acceptors (Lipinski definition) is 3. The number of rotatable bonds is 6. The Morgan fingerprint density at radius 1 is 1.42 bits per heavy atom. The Labute approximate surface area is 117 Å². The van der Waals surface area contributed by atoms with Gasteiger partial charge in [-0.2, -0.15) is 0 Å². The van der Waals surface area contributed by atoms with Gasteiger partial charge < -0.3 is 19.9 Å². The fourth-order valence-corrected chi connectivity index (χ4v) is 2.62. The highest BCUT2D eigenvalue weighted by Gasteiger charge is 2.24. The summed E-state index contributed by atoms with van der Waals surface area (Å²) in [5, 5.41) is 3.67. The van der Waals surface area contributed by atoms with Gasteiger partial charge in [-0.05, 0) is 19.3 Å². The summed E-state index contributed by atoms with van der Waals surface area (Å²) in [6.45, 7) is 4.66. The molecule has 1 aliphatic heterocycles. The van der Waals surface area contributed by atoms with Crippen LogP contribution in [0.2, 0.25) is 0 Å². The summed E-state index contributed by atoms with van der Waals surface area (Å²) < 4.78 is 5.26. The standard InChI is InChI=1S/C14H29N3O2/c1-5-6-13(11-19-4)15-12-7-9-17(10-8-12)14(18)16(2)3/h12-13,15H,5-11H2,1-4H3. The molecule has 0 bridgehead atoms. The van der Waals surface area contributed by atoms with E-state index in [9.17, 15) is 4.79 Å². The molecule has 1 saturated heterocycles. The molecule has 0 radical (unpaired) electrons. The van der Waals surface area contributed by atoms with Gasteiger partial charge in [0.05, 0.1) is 6.61 Å². The molecule has 0 aromatic carbocycles. The molecule has 1 atom stereocenters. The second kappa shape index (κ2) is 8.38. The minimum Gasteiger partial charge on any atom is -0.383 e. The van der Waals surface area contributed by atoms with Crippen LogP contribution in [-0.4, -0.2) is 68.8 Å². The zero-order valence-corrected chi connectivity index (χ0v) is 12.8. The first-order valence-electron chi connectivity index (χ1n) is 7.29. The van der Waals surface area contributed by atoms with Gasteiger partial charge in [0.1, 0.15) is 0 Å². The summed E-state index contributed by atoms with van der Waals surface area (Å²) in [6.07, 6.45) is 4.37. The molecular formula is C14H29N3O2. The van der Waals surface area contributed by atoms with E-state index >= 15 is 0 Å². The summed E-state index contributed by atoms with van der Waals surface area (Å²) in [7, 11) is 5.37. The third kappa shape index (κ3) is 5.37. The highest BCUT2D eigenvalue weighted by molar-refractivity contribution is 5.73. The molecule has 1 N–H and O–H groups in total. The Morgan fingerprint density at radius 2 is 2.05 bits per heavy atom. The predicted octanol–water partition coefficient (Wildman–Crippen LogP) is 1.54. The third-order valence-electron chi connectivity index (χ3n) is 3.62. The molecule has 5 nitrogen and oxygen atoms in total. The van der Waals surface area contributed by atoms with Crippen LogP contribution in [0, 0.1) is 0 Å². The Bertz CT molecular complexity index is 257. The van der Waals surface area contributed by atoms with Crippen LogP contribution in [0.15, 0.2) is 0 Å². The van der Waals surface area contributed by atoms with Gasteiger partial charge in [0, 0.05) is 46.4 Å². The monoisotopic (exact) mass is 271 g/mol. The van der Waals surface area contributed by atoms with Crippen molar-refractivity contribution < 1.29 is 9.53 Å². The van der Waals surface area contributed by atoms with E-state index in [2.05, 4.69) is 12.2 Å². The van der Waals surface area contributed by atoms with Crippen molar-refractivity contribution in [2.45, 2.75) is 44.7 Å². The molecule has 1 rings (SSSR count). The molecule has 0 saturated carbocycles. The second-order valence-corrected chi connectivity index (χ2v) is 5.55. The van der Waals surface area contributed by atoms with Crippen molar-refractivity contribution in [1.29, 1.82) is 0 Å². The van der Waals surface area contributed by atoms with E-state index in [-0.39, 0.29) is 6.03 Å². The van der Waals surface area contributed by atoms with E-state index in [0.717, 1.165) is 39.0 Å². The maximum Gasteiger partial charge on any atom is 0.319 e. The normalized spacial score (nSPS) is 18.4. The minimum atomic E-state index is 0.125. The molecule has 0 aromatic heterocycles. The van der Waals surface area contributed by atoms with Gasteiger partial charge in [0.25, 0.3) is 0 Å². The Morgan fingerprint density at radius 3 is 2.53 bits per heavy atom. The first-order valence-corrected chi connectivity index (χ1v) is 7.29. The number of carbonyl (C=O) groups is 1. The average Bonchev–Trinajstić information content (AvgIpc) is 2.39. The molecule has 5 heteroatoms. The lowest BCUT2D eigenvalue weighted by Gasteiger charge is -2.35. The maximum absolute atomic E-state index is 11.8. The summed E-state index contributed by atoms with van der Waals surface area (Å²) in [4.78, 5) is 15.4. The zero-order valence-electron chi connectivity index (χ0n) is 12.8. The molecule has 112 valence electrons. The molecule has 0 aromatic rings. The lowest BCUT2D eigenvalue weighted by atomic mass is 10.0. The van der Waals surface area contributed by atoms with Crippen molar-refractivity contribution in [2.24, 2.45) is 0 Å². The van der Waals surface area contributed by atoms with Gasteiger partial charge >= 0.3 is 6.03 Å². The largest absolute Gasteiger partial charge is 0.383 e.